The third kappa shape index (κ3) is 2.97. The Kier molecular flexibility index (Phi) is 4.01. The van der Waals surface area contributed by atoms with Gasteiger partial charge in [-0.1, -0.05) is 40.2 Å². The molecule has 2 aromatic carbocycles. The highest BCUT2D eigenvalue weighted by atomic mass is 79.9. The maximum absolute atomic E-state index is 11.2. The van der Waals surface area contributed by atoms with Crippen molar-refractivity contribution < 1.29 is 4.79 Å². The van der Waals surface area contributed by atoms with Gasteiger partial charge in [0.15, 0.2) is 0 Å². The van der Waals surface area contributed by atoms with E-state index in [-0.39, 0.29) is 6.03 Å². The summed E-state index contributed by atoms with van der Waals surface area (Å²) in [4.78, 5) is 12.9. The fourth-order valence-electron chi connectivity index (χ4n) is 2.85. The number of nitrogens with one attached hydrogen (secondary N) is 1. The molecule has 1 fully saturated rings. The number of carbonyl (C=O) groups is 1. The maximum Gasteiger partial charge on any atom is 0.314 e. The molecule has 3 N–H and O–H groups in total. The summed E-state index contributed by atoms with van der Waals surface area (Å²) in [6.45, 7) is 1.45. The highest BCUT2D eigenvalue weighted by Gasteiger charge is 2.21. The number of rotatable bonds is 2. The summed E-state index contributed by atoms with van der Waals surface area (Å²) in [6.07, 6.45) is 1.85. The van der Waals surface area contributed by atoms with Gasteiger partial charge in [-0.05, 0) is 30.4 Å². The van der Waals surface area contributed by atoms with Gasteiger partial charge in [-0.2, -0.15) is 0 Å². The van der Waals surface area contributed by atoms with Gasteiger partial charge in [0.05, 0.1) is 0 Å². The van der Waals surface area contributed by atoms with Crippen molar-refractivity contribution in [1.29, 1.82) is 0 Å². The summed E-state index contributed by atoms with van der Waals surface area (Å²) in [5.74, 6) is 0. The van der Waals surface area contributed by atoms with Gasteiger partial charge in [0, 0.05) is 34.7 Å². The molecule has 110 valence electrons. The zero-order valence-electron chi connectivity index (χ0n) is 11.7. The van der Waals surface area contributed by atoms with E-state index >= 15 is 0 Å². The van der Waals surface area contributed by atoms with E-state index in [1.165, 1.54) is 10.8 Å². The van der Waals surface area contributed by atoms with Gasteiger partial charge >= 0.3 is 6.03 Å². The molecule has 0 unspecified atom stereocenters. The molecule has 0 spiro atoms. The Hall–Kier alpha value is -1.75. The van der Waals surface area contributed by atoms with Crippen molar-refractivity contribution in [2.24, 2.45) is 5.73 Å². The molecule has 4 nitrogen and oxygen atoms in total. The van der Waals surface area contributed by atoms with E-state index in [9.17, 15) is 4.79 Å². The Morgan fingerprint density at radius 2 is 1.81 bits per heavy atom. The lowest BCUT2D eigenvalue weighted by Crippen LogP contribution is -2.44. The van der Waals surface area contributed by atoms with Crippen LogP contribution in [0, 0.1) is 0 Å². The van der Waals surface area contributed by atoms with Gasteiger partial charge in [-0.3, -0.25) is 0 Å². The van der Waals surface area contributed by atoms with Gasteiger partial charge < -0.3 is 16.0 Å². The number of hydrogen-bond acceptors (Lipinski definition) is 2. The molecule has 1 saturated heterocycles. The van der Waals surface area contributed by atoms with E-state index in [0.717, 1.165) is 36.1 Å². The van der Waals surface area contributed by atoms with Crippen molar-refractivity contribution in [2.45, 2.75) is 18.9 Å². The minimum Gasteiger partial charge on any atom is -0.382 e. The Morgan fingerprint density at radius 3 is 2.48 bits per heavy atom. The highest BCUT2D eigenvalue weighted by molar-refractivity contribution is 9.10. The minimum absolute atomic E-state index is 0.317. The molecule has 0 radical (unpaired) electrons. The number of halogens is 1. The standard InChI is InChI=1S/C16H18BrN3O/c17-14-5-6-15(13-4-2-1-3-12(13)14)19-11-7-9-20(10-8-11)16(18)21/h1-6,11,19H,7-10H2,(H2,18,21). The molecule has 3 rings (SSSR count). The number of fused-ring (bicyclic) bond motifs is 1. The fourth-order valence-corrected chi connectivity index (χ4v) is 3.33. The highest BCUT2D eigenvalue weighted by Crippen LogP contribution is 2.31. The zero-order chi connectivity index (χ0) is 14.8. The summed E-state index contributed by atoms with van der Waals surface area (Å²) in [7, 11) is 0. The third-order valence-corrected chi connectivity index (χ3v) is 4.73. The molecular weight excluding hydrogens is 330 g/mol. The number of urea groups is 1. The first-order chi connectivity index (χ1) is 10.1. The number of amides is 2. The van der Waals surface area contributed by atoms with Gasteiger partial charge in [0.1, 0.15) is 0 Å². The topological polar surface area (TPSA) is 58.4 Å². The van der Waals surface area contributed by atoms with Crippen molar-refractivity contribution in [3.63, 3.8) is 0 Å². The molecule has 0 atom stereocenters. The number of anilines is 1. The number of hydrogen-bond donors (Lipinski definition) is 2. The lowest BCUT2D eigenvalue weighted by atomic mass is 10.0. The second-order valence-corrected chi connectivity index (χ2v) is 6.24. The Bertz CT molecular complexity index is 666. The van der Waals surface area contributed by atoms with Crippen LogP contribution in [0.1, 0.15) is 12.8 Å². The summed E-state index contributed by atoms with van der Waals surface area (Å²) in [6, 6.07) is 12.6. The molecule has 0 aromatic heterocycles. The average molecular weight is 348 g/mol. The molecule has 5 heteroatoms. The largest absolute Gasteiger partial charge is 0.382 e. The maximum atomic E-state index is 11.2. The predicted molar refractivity (Wildman–Crippen MR) is 89.4 cm³/mol. The van der Waals surface area contributed by atoms with Crippen LogP contribution in [-0.2, 0) is 0 Å². The number of benzene rings is 2. The van der Waals surface area contributed by atoms with Crippen molar-refractivity contribution in [3.05, 3.63) is 40.9 Å². The number of carbonyl (C=O) groups excluding carboxylic acids is 1. The molecule has 2 amide bonds. The average Bonchev–Trinajstić information content (AvgIpc) is 2.51. The van der Waals surface area contributed by atoms with Crippen LogP contribution < -0.4 is 11.1 Å². The fraction of sp³-hybridized carbons (Fsp3) is 0.312. The predicted octanol–water partition coefficient (Wildman–Crippen LogP) is 3.56. The Balaban J connectivity index is 1.77. The SMILES string of the molecule is NC(=O)N1CCC(Nc2ccc(Br)c3ccccc23)CC1. The van der Waals surface area contributed by atoms with E-state index < -0.39 is 0 Å². The molecule has 0 saturated carbocycles. The molecular formula is C16H18BrN3O. The van der Waals surface area contributed by atoms with Crippen LogP contribution in [0.25, 0.3) is 10.8 Å². The van der Waals surface area contributed by atoms with Gasteiger partial charge in [-0.15, -0.1) is 0 Å². The first-order valence-corrected chi connectivity index (χ1v) is 7.92. The molecule has 21 heavy (non-hydrogen) atoms. The van der Waals surface area contributed by atoms with E-state index in [1.807, 2.05) is 6.07 Å². The Labute approximate surface area is 132 Å². The van der Waals surface area contributed by atoms with Crippen LogP contribution in [0.4, 0.5) is 10.5 Å². The number of nitrogens with two attached hydrogens (primary N) is 1. The van der Waals surface area contributed by atoms with Gasteiger partial charge in [-0.25, -0.2) is 4.79 Å². The van der Waals surface area contributed by atoms with Crippen LogP contribution in [-0.4, -0.2) is 30.1 Å². The van der Waals surface area contributed by atoms with Crippen LogP contribution in [0.5, 0.6) is 0 Å². The van der Waals surface area contributed by atoms with Crippen LogP contribution in [0.2, 0.25) is 0 Å². The van der Waals surface area contributed by atoms with E-state index in [2.05, 4.69) is 51.6 Å². The van der Waals surface area contributed by atoms with Crippen LogP contribution in [0.15, 0.2) is 40.9 Å². The second-order valence-electron chi connectivity index (χ2n) is 5.38. The van der Waals surface area contributed by atoms with Gasteiger partial charge in [0.25, 0.3) is 0 Å². The van der Waals surface area contributed by atoms with Gasteiger partial charge in [0.2, 0.25) is 0 Å². The minimum atomic E-state index is -0.317. The molecule has 1 aliphatic rings. The monoisotopic (exact) mass is 347 g/mol. The lowest BCUT2D eigenvalue weighted by Gasteiger charge is -2.32. The number of primary amides is 1. The zero-order valence-corrected chi connectivity index (χ0v) is 13.3. The van der Waals surface area contributed by atoms with Crippen molar-refractivity contribution in [3.8, 4) is 0 Å². The van der Waals surface area contributed by atoms with E-state index in [1.54, 1.807) is 4.90 Å². The number of nitrogens with zero attached hydrogens (tertiary/aromatic N) is 1. The molecule has 1 heterocycles. The van der Waals surface area contributed by atoms with E-state index in [0.29, 0.717) is 6.04 Å². The molecule has 2 aromatic rings. The first kappa shape index (κ1) is 14.2. The smallest absolute Gasteiger partial charge is 0.314 e. The summed E-state index contributed by atoms with van der Waals surface area (Å²) in [5, 5.41) is 6.03. The first-order valence-electron chi connectivity index (χ1n) is 7.13. The van der Waals surface area contributed by atoms with Crippen molar-refractivity contribution >= 4 is 38.4 Å². The normalized spacial score (nSPS) is 16.1. The van der Waals surface area contributed by atoms with Crippen molar-refractivity contribution in [2.75, 3.05) is 18.4 Å². The molecule has 1 aliphatic heterocycles. The molecule has 0 aliphatic carbocycles. The lowest BCUT2D eigenvalue weighted by molar-refractivity contribution is 0.193. The number of likely N-dealkylation sites (tertiary alicyclic amines) is 1. The van der Waals surface area contributed by atoms with Crippen LogP contribution in [0.3, 0.4) is 0 Å². The Morgan fingerprint density at radius 1 is 1.14 bits per heavy atom. The third-order valence-electron chi connectivity index (χ3n) is 4.04. The quantitative estimate of drug-likeness (QED) is 0.872. The summed E-state index contributed by atoms with van der Waals surface area (Å²) < 4.78 is 1.10. The second kappa shape index (κ2) is 5.93. The molecule has 0 bridgehead atoms. The summed E-state index contributed by atoms with van der Waals surface area (Å²) in [5.41, 5.74) is 6.46. The number of piperidine rings is 1. The van der Waals surface area contributed by atoms with Crippen LogP contribution >= 0.6 is 15.9 Å². The van der Waals surface area contributed by atoms with E-state index in [4.69, 9.17) is 5.73 Å². The summed E-state index contributed by atoms with van der Waals surface area (Å²) >= 11 is 3.59. The van der Waals surface area contributed by atoms with Crippen molar-refractivity contribution in [1.82, 2.24) is 4.90 Å².